The van der Waals surface area contributed by atoms with E-state index < -0.39 is 34.4 Å². The molecule has 0 aromatic carbocycles. The number of nitrogens with one attached hydrogen (secondary N) is 1. The van der Waals surface area contributed by atoms with Crippen molar-refractivity contribution in [2.75, 3.05) is 0 Å². The SMILES string of the molecule is CCCCn1c(C(=O)[O-])c(C(=O)O)c(=O)[nH]c1=O.[K+]. The number of aromatic amines is 1. The van der Waals surface area contributed by atoms with Crippen LogP contribution < -0.4 is 67.7 Å². The molecule has 0 atom stereocenters. The quantitative estimate of drug-likeness (QED) is 0.525. The number of H-pyrrole nitrogens is 1. The van der Waals surface area contributed by atoms with Crippen LogP contribution in [0.5, 0.6) is 0 Å². The van der Waals surface area contributed by atoms with E-state index in [9.17, 15) is 24.3 Å². The number of unbranched alkanes of at least 4 members (excludes halogenated alkanes) is 1. The van der Waals surface area contributed by atoms with E-state index in [2.05, 4.69) is 0 Å². The molecule has 1 heterocycles. The van der Waals surface area contributed by atoms with Gasteiger partial charge in [0.15, 0.2) is 5.56 Å². The molecule has 0 aliphatic rings. The van der Waals surface area contributed by atoms with E-state index in [0.717, 1.165) is 0 Å². The summed E-state index contributed by atoms with van der Waals surface area (Å²) in [4.78, 5) is 46.3. The molecule has 0 aliphatic heterocycles. The predicted molar refractivity (Wildman–Crippen MR) is 57.5 cm³/mol. The maximum absolute atomic E-state index is 11.5. The van der Waals surface area contributed by atoms with Crippen LogP contribution in [0, 0.1) is 0 Å². The van der Waals surface area contributed by atoms with Gasteiger partial charge in [0.2, 0.25) is 0 Å². The summed E-state index contributed by atoms with van der Waals surface area (Å²) in [5.41, 5.74) is -4.10. The molecule has 0 saturated heterocycles. The number of hydrogen-bond acceptors (Lipinski definition) is 5. The molecule has 9 heteroatoms. The fourth-order valence-corrected chi connectivity index (χ4v) is 1.51. The van der Waals surface area contributed by atoms with Gasteiger partial charge in [0.1, 0.15) is 0 Å². The Morgan fingerprint density at radius 1 is 1.37 bits per heavy atom. The van der Waals surface area contributed by atoms with Gasteiger partial charge in [0.05, 0.1) is 11.7 Å². The summed E-state index contributed by atoms with van der Waals surface area (Å²) in [5, 5.41) is 19.7. The van der Waals surface area contributed by atoms with Crippen molar-refractivity contribution in [2.45, 2.75) is 26.3 Å². The molecule has 98 valence electrons. The molecular weight excluding hydrogens is 283 g/mol. The molecule has 0 saturated carbocycles. The van der Waals surface area contributed by atoms with Gasteiger partial charge in [0.25, 0.3) is 5.56 Å². The predicted octanol–water partition coefficient (Wildman–Crippen LogP) is -4.60. The van der Waals surface area contributed by atoms with Crippen LogP contribution >= 0.6 is 0 Å². The van der Waals surface area contributed by atoms with Crippen molar-refractivity contribution >= 4 is 11.9 Å². The topological polar surface area (TPSA) is 132 Å². The average Bonchev–Trinajstić information content (AvgIpc) is 2.26. The number of nitrogens with zero attached hydrogens (tertiary/aromatic N) is 1. The first-order valence-electron chi connectivity index (χ1n) is 5.21. The van der Waals surface area contributed by atoms with Gasteiger partial charge in [-0.1, -0.05) is 13.3 Å². The minimum Gasteiger partial charge on any atom is -0.543 e. The monoisotopic (exact) mass is 294 g/mol. The second-order valence-corrected chi connectivity index (χ2v) is 3.58. The van der Waals surface area contributed by atoms with E-state index >= 15 is 0 Å². The molecule has 1 rings (SSSR count). The van der Waals surface area contributed by atoms with Crippen LogP contribution in [0.4, 0.5) is 0 Å². The Balaban J connectivity index is 0.00000324. The minimum absolute atomic E-state index is 0. The minimum atomic E-state index is -1.87. The van der Waals surface area contributed by atoms with Crippen LogP contribution in [-0.4, -0.2) is 26.6 Å². The van der Waals surface area contributed by atoms with E-state index in [1.54, 1.807) is 4.98 Å². The van der Waals surface area contributed by atoms with Gasteiger partial charge in [-0.25, -0.2) is 9.59 Å². The molecule has 1 aromatic heterocycles. The Hall–Kier alpha value is -0.744. The Morgan fingerprint density at radius 3 is 2.37 bits per heavy atom. The van der Waals surface area contributed by atoms with Gasteiger partial charge in [-0.2, -0.15) is 0 Å². The molecule has 0 fully saturated rings. The van der Waals surface area contributed by atoms with Crippen molar-refractivity contribution < 1.29 is 71.2 Å². The first-order chi connectivity index (χ1) is 8.40. The molecule has 0 spiro atoms. The van der Waals surface area contributed by atoms with E-state index in [1.807, 2.05) is 6.92 Å². The molecule has 8 nitrogen and oxygen atoms in total. The Bertz CT molecular complexity index is 603. The number of carboxylic acid groups (broad SMARTS) is 2. The average molecular weight is 294 g/mol. The molecular formula is C10H11KN2O6. The number of carbonyl (C=O) groups is 2. The van der Waals surface area contributed by atoms with Crippen molar-refractivity contribution in [1.82, 2.24) is 9.55 Å². The number of carbonyl (C=O) groups excluding carboxylic acids is 1. The van der Waals surface area contributed by atoms with Gasteiger partial charge in [0, 0.05) is 6.54 Å². The molecule has 0 radical (unpaired) electrons. The zero-order chi connectivity index (χ0) is 13.9. The van der Waals surface area contributed by atoms with Crippen molar-refractivity contribution in [3.8, 4) is 0 Å². The van der Waals surface area contributed by atoms with E-state index in [0.29, 0.717) is 17.4 Å². The Labute approximate surface area is 149 Å². The van der Waals surface area contributed by atoms with Crippen molar-refractivity contribution in [2.24, 2.45) is 0 Å². The summed E-state index contributed by atoms with van der Waals surface area (Å²) >= 11 is 0. The molecule has 2 N–H and O–H groups in total. The molecule has 19 heavy (non-hydrogen) atoms. The summed E-state index contributed by atoms with van der Waals surface area (Å²) < 4.78 is 0.698. The summed E-state index contributed by atoms with van der Waals surface area (Å²) in [6.45, 7) is 1.81. The smallest absolute Gasteiger partial charge is 0.543 e. The number of hydrogen-bond donors (Lipinski definition) is 2. The second-order valence-electron chi connectivity index (χ2n) is 3.58. The van der Waals surface area contributed by atoms with Crippen molar-refractivity contribution in [3.63, 3.8) is 0 Å². The third-order valence-corrected chi connectivity index (χ3v) is 2.34. The van der Waals surface area contributed by atoms with E-state index in [1.165, 1.54) is 0 Å². The maximum Gasteiger partial charge on any atom is 1.00 e. The Kier molecular flexibility index (Phi) is 7.45. The number of carboxylic acids is 2. The largest absolute Gasteiger partial charge is 1.00 e. The molecule has 0 aliphatic carbocycles. The maximum atomic E-state index is 11.5. The van der Waals surface area contributed by atoms with Crippen LogP contribution in [0.3, 0.4) is 0 Å². The number of aromatic nitrogens is 2. The van der Waals surface area contributed by atoms with Gasteiger partial charge < -0.3 is 15.0 Å². The number of rotatable bonds is 5. The molecule has 0 amide bonds. The van der Waals surface area contributed by atoms with Gasteiger partial charge >= 0.3 is 63.0 Å². The zero-order valence-corrected chi connectivity index (χ0v) is 13.7. The van der Waals surface area contributed by atoms with Crippen LogP contribution in [-0.2, 0) is 6.54 Å². The fourth-order valence-electron chi connectivity index (χ4n) is 1.51. The van der Waals surface area contributed by atoms with E-state index in [-0.39, 0.29) is 57.9 Å². The Morgan fingerprint density at radius 2 is 1.95 bits per heavy atom. The molecule has 0 bridgehead atoms. The molecule has 0 unspecified atom stereocenters. The third-order valence-electron chi connectivity index (χ3n) is 2.34. The summed E-state index contributed by atoms with van der Waals surface area (Å²) in [5.74, 6) is -3.59. The summed E-state index contributed by atoms with van der Waals surface area (Å²) in [6.07, 6.45) is 1.13. The summed E-state index contributed by atoms with van der Waals surface area (Å²) in [6, 6.07) is 0. The molecule has 1 aromatic rings. The first-order valence-corrected chi connectivity index (χ1v) is 5.21. The first kappa shape index (κ1) is 18.3. The van der Waals surface area contributed by atoms with Crippen molar-refractivity contribution in [1.29, 1.82) is 0 Å². The van der Waals surface area contributed by atoms with Crippen LogP contribution in [0.15, 0.2) is 9.59 Å². The van der Waals surface area contributed by atoms with Gasteiger partial charge in [-0.15, -0.1) is 0 Å². The van der Waals surface area contributed by atoms with E-state index in [4.69, 9.17) is 5.11 Å². The van der Waals surface area contributed by atoms with Crippen LogP contribution in [0.2, 0.25) is 0 Å². The second kappa shape index (κ2) is 7.75. The third kappa shape index (κ3) is 4.11. The van der Waals surface area contributed by atoms with Gasteiger partial charge in [-0.05, 0) is 6.42 Å². The summed E-state index contributed by atoms with van der Waals surface area (Å²) in [7, 11) is 0. The van der Waals surface area contributed by atoms with Crippen molar-refractivity contribution in [3.05, 3.63) is 32.1 Å². The standard InChI is InChI=1S/C10H12N2O6.K/c1-2-3-4-12-6(9(16)17)5(8(14)15)7(13)11-10(12)18;/h2-4H2,1H3,(H,14,15)(H,16,17)(H,11,13,18);/q;+1/p-1. The van der Waals surface area contributed by atoms with Crippen LogP contribution in [0.25, 0.3) is 0 Å². The zero-order valence-electron chi connectivity index (χ0n) is 10.6. The normalized spacial score (nSPS) is 9.74. The van der Waals surface area contributed by atoms with Gasteiger partial charge in [-0.3, -0.25) is 14.3 Å². The fraction of sp³-hybridized carbons (Fsp3) is 0.400. The number of aromatic carboxylic acids is 2. The van der Waals surface area contributed by atoms with Crippen LogP contribution in [0.1, 0.15) is 40.6 Å².